The molecule has 0 unspecified atom stereocenters. The van der Waals surface area contributed by atoms with Gasteiger partial charge in [0.25, 0.3) is 0 Å². The Bertz CT molecular complexity index is 215. The van der Waals surface area contributed by atoms with Gasteiger partial charge in [-0.3, -0.25) is 4.79 Å². The summed E-state index contributed by atoms with van der Waals surface area (Å²) in [6, 6.07) is 0. The first-order valence-corrected chi connectivity index (χ1v) is 7.12. The smallest absolute Gasteiger partial charge is 0.132 e. The van der Waals surface area contributed by atoms with Gasteiger partial charge >= 0.3 is 0 Å². The van der Waals surface area contributed by atoms with Crippen LogP contribution in [0.1, 0.15) is 86.5 Å². The number of ketones is 1. The van der Waals surface area contributed by atoms with Gasteiger partial charge in [0.05, 0.1) is 0 Å². The van der Waals surface area contributed by atoms with Crippen molar-refractivity contribution in [3.8, 4) is 0 Å². The van der Waals surface area contributed by atoms with Gasteiger partial charge in [-0.05, 0) is 30.1 Å². The zero-order valence-corrected chi connectivity index (χ0v) is 12.9. The fourth-order valence-corrected chi connectivity index (χ4v) is 1.79. The Morgan fingerprint density at radius 3 is 1.71 bits per heavy atom. The maximum absolute atomic E-state index is 11.6. The number of Topliss-reactive ketones (excluding diaryl/α,β-unsaturated/α-hetero) is 1. The van der Waals surface area contributed by atoms with Crippen molar-refractivity contribution in [3.05, 3.63) is 0 Å². The highest BCUT2D eigenvalue weighted by Gasteiger charge is 2.13. The zero-order chi connectivity index (χ0) is 13.5. The topological polar surface area (TPSA) is 17.1 Å². The number of rotatable bonds is 7. The predicted octanol–water partition coefficient (Wildman–Crippen LogP) is 5.38. The second-order valence-electron chi connectivity index (χ2n) is 7.72. The lowest BCUT2D eigenvalue weighted by Gasteiger charge is -2.18. The van der Waals surface area contributed by atoms with Crippen molar-refractivity contribution in [2.45, 2.75) is 86.5 Å². The molecule has 0 saturated heterocycles. The van der Waals surface area contributed by atoms with Gasteiger partial charge < -0.3 is 0 Å². The molecule has 0 fully saturated rings. The summed E-state index contributed by atoms with van der Waals surface area (Å²) in [6.45, 7) is 13.4. The van der Waals surface area contributed by atoms with Crippen LogP contribution < -0.4 is 0 Å². The molecule has 0 atom stereocenters. The minimum Gasteiger partial charge on any atom is -0.300 e. The second-order valence-corrected chi connectivity index (χ2v) is 7.72. The summed E-state index contributed by atoms with van der Waals surface area (Å²) in [5.74, 6) is 0.454. The molecule has 0 aliphatic rings. The number of hydrogen-bond donors (Lipinski definition) is 0. The van der Waals surface area contributed by atoms with E-state index in [1.807, 2.05) is 0 Å². The summed E-state index contributed by atoms with van der Waals surface area (Å²) in [5, 5.41) is 0. The Morgan fingerprint density at radius 2 is 1.24 bits per heavy atom. The third-order valence-corrected chi connectivity index (χ3v) is 3.04. The van der Waals surface area contributed by atoms with Crippen LogP contribution in [0.4, 0.5) is 0 Å². The van der Waals surface area contributed by atoms with Crippen molar-refractivity contribution in [1.82, 2.24) is 0 Å². The molecule has 0 rings (SSSR count). The first kappa shape index (κ1) is 16.7. The zero-order valence-electron chi connectivity index (χ0n) is 12.9. The Morgan fingerprint density at radius 1 is 0.706 bits per heavy atom. The Labute approximate surface area is 108 Å². The van der Waals surface area contributed by atoms with Crippen molar-refractivity contribution in [2.75, 3.05) is 0 Å². The molecule has 0 N–H and O–H groups in total. The highest BCUT2D eigenvalue weighted by Crippen LogP contribution is 2.23. The fraction of sp³-hybridized carbons (Fsp3) is 0.938. The van der Waals surface area contributed by atoms with Crippen LogP contribution in [0.2, 0.25) is 0 Å². The van der Waals surface area contributed by atoms with Crippen molar-refractivity contribution >= 4 is 5.78 Å². The van der Waals surface area contributed by atoms with E-state index in [2.05, 4.69) is 41.5 Å². The minimum absolute atomic E-state index is 0.294. The monoisotopic (exact) mass is 240 g/mol. The van der Waals surface area contributed by atoms with Crippen molar-refractivity contribution < 1.29 is 4.79 Å². The largest absolute Gasteiger partial charge is 0.300 e. The number of unbranched alkanes of at least 4 members (excludes halogenated alkanes) is 2. The average molecular weight is 240 g/mol. The van der Waals surface area contributed by atoms with E-state index in [0.29, 0.717) is 16.6 Å². The molecule has 0 aromatic rings. The maximum Gasteiger partial charge on any atom is 0.132 e. The third-order valence-electron chi connectivity index (χ3n) is 3.04. The van der Waals surface area contributed by atoms with E-state index in [4.69, 9.17) is 0 Å². The van der Waals surface area contributed by atoms with Crippen LogP contribution in [-0.2, 0) is 4.79 Å². The molecule has 0 bridgehead atoms. The van der Waals surface area contributed by atoms with Crippen LogP contribution in [0.15, 0.2) is 0 Å². The Kier molecular flexibility index (Phi) is 7.04. The van der Waals surface area contributed by atoms with Crippen molar-refractivity contribution in [2.24, 2.45) is 10.8 Å². The molecule has 0 heterocycles. The summed E-state index contributed by atoms with van der Waals surface area (Å²) in [4.78, 5) is 11.6. The molecule has 0 saturated carbocycles. The number of carbonyl (C=O) groups is 1. The summed E-state index contributed by atoms with van der Waals surface area (Å²) < 4.78 is 0. The van der Waals surface area contributed by atoms with Gasteiger partial charge in [-0.2, -0.15) is 0 Å². The van der Waals surface area contributed by atoms with E-state index in [1.165, 1.54) is 19.3 Å². The Hall–Kier alpha value is -0.330. The van der Waals surface area contributed by atoms with Crippen molar-refractivity contribution in [1.29, 1.82) is 0 Å². The quantitative estimate of drug-likeness (QED) is 0.546. The van der Waals surface area contributed by atoms with Crippen LogP contribution >= 0.6 is 0 Å². The molecular formula is C16H32O. The van der Waals surface area contributed by atoms with E-state index in [1.54, 1.807) is 0 Å². The Balaban J connectivity index is 3.47. The third kappa shape index (κ3) is 13.6. The van der Waals surface area contributed by atoms with Gasteiger partial charge in [-0.15, -0.1) is 0 Å². The van der Waals surface area contributed by atoms with E-state index in [9.17, 15) is 4.79 Å². The molecule has 1 heteroatoms. The van der Waals surface area contributed by atoms with E-state index in [-0.39, 0.29) is 0 Å². The molecule has 0 aromatic heterocycles. The predicted molar refractivity (Wildman–Crippen MR) is 76.2 cm³/mol. The fourth-order valence-electron chi connectivity index (χ4n) is 1.79. The van der Waals surface area contributed by atoms with E-state index >= 15 is 0 Å². The lowest BCUT2D eigenvalue weighted by molar-refractivity contribution is -0.119. The van der Waals surface area contributed by atoms with Crippen LogP contribution in [-0.4, -0.2) is 5.78 Å². The molecular weight excluding hydrogens is 208 g/mol. The van der Waals surface area contributed by atoms with Crippen LogP contribution in [0.3, 0.4) is 0 Å². The highest BCUT2D eigenvalue weighted by atomic mass is 16.1. The van der Waals surface area contributed by atoms with Gasteiger partial charge in [-0.25, -0.2) is 0 Å². The molecule has 0 aromatic carbocycles. The number of carbonyl (C=O) groups excluding carboxylic acids is 1. The summed E-state index contributed by atoms with van der Waals surface area (Å²) >= 11 is 0. The normalized spacial score (nSPS) is 12.8. The van der Waals surface area contributed by atoms with E-state index < -0.39 is 0 Å². The minimum atomic E-state index is 0.294. The summed E-state index contributed by atoms with van der Waals surface area (Å²) in [7, 11) is 0. The molecule has 0 radical (unpaired) electrons. The maximum atomic E-state index is 11.6. The van der Waals surface area contributed by atoms with Gasteiger partial charge in [0.1, 0.15) is 5.78 Å². The molecule has 17 heavy (non-hydrogen) atoms. The van der Waals surface area contributed by atoms with Gasteiger partial charge in [-0.1, -0.05) is 54.4 Å². The molecule has 0 aliphatic heterocycles. The van der Waals surface area contributed by atoms with E-state index in [0.717, 1.165) is 25.7 Å². The number of hydrogen-bond acceptors (Lipinski definition) is 1. The first-order valence-electron chi connectivity index (χ1n) is 7.12. The van der Waals surface area contributed by atoms with Crippen molar-refractivity contribution in [3.63, 3.8) is 0 Å². The molecule has 102 valence electrons. The van der Waals surface area contributed by atoms with Crippen LogP contribution in [0.5, 0.6) is 0 Å². The molecule has 0 amide bonds. The lowest BCUT2D eigenvalue weighted by Crippen LogP contribution is -2.09. The van der Waals surface area contributed by atoms with Gasteiger partial charge in [0, 0.05) is 12.8 Å². The van der Waals surface area contributed by atoms with Crippen LogP contribution in [0.25, 0.3) is 0 Å². The average Bonchev–Trinajstić information content (AvgIpc) is 2.11. The second kappa shape index (κ2) is 7.18. The SMILES string of the molecule is CC(C)(C)CCCCCC(=O)CCC(C)(C)C. The molecule has 1 nitrogen and oxygen atoms in total. The molecule has 0 aliphatic carbocycles. The first-order chi connectivity index (χ1) is 7.60. The molecule has 0 spiro atoms. The van der Waals surface area contributed by atoms with Gasteiger partial charge in [0.15, 0.2) is 0 Å². The summed E-state index contributed by atoms with van der Waals surface area (Å²) in [6.07, 6.45) is 7.40. The van der Waals surface area contributed by atoms with Crippen LogP contribution in [0, 0.1) is 10.8 Å². The standard InChI is InChI=1S/C16H32O/c1-15(2,3)12-9-7-8-10-14(17)11-13-16(4,5)6/h7-13H2,1-6H3. The van der Waals surface area contributed by atoms with Gasteiger partial charge in [0.2, 0.25) is 0 Å². The summed E-state index contributed by atoms with van der Waals surface area (Å²) in [5.41, 5.74) is 0.734. The highest BCUT2D eigenvalue weighted by molar-refractivity contribution is 5.78. The lowest BCUT2D eigenvalue weighted by atomic mass is 9.88.